The number of imidazole rings is 1. The molecule has 5 rings (SSSR count). The van der Waals surface area contributed by atoms with Crippen molar-refractivity contribution in [3.63, 3.8) is 0 Å². The van der Waals surface area contributed by atoms with Crippen LogP contribution in [-0.4, -0.2) is 63.5 Å². The van der Waals surface area contributed by atoms with Crippen molar-refractivity contribution in [2.24, 2.45) is 0 Å². The van der Waals surface area contributed by atoms with Crippen LogP contribution in [0.25, 0.3) is 21.9 Å². The highest BCUT2D eigenvalue weighted by Gasteiger charge is 2.22. The number of carbonyl (C=O) groups is 1. The van der Waals surface area contributed by atoms with E-state index in [1.165, 1.54) is 5.39 Å². The first-order chi connectivity index (χ1) is 14.7. The molecule has 7 heteroatoms. The molecule has 154 valence electrons. The van der Waals surface area contributed by atoms with E-state index in [1.54, 1.807) is 7.11 Å². The number of ether oxygens (including phenoxy) is 1. The number of H-pyrrole nitrogens is 1. The van der Waals surface area contributed by atoms with E-state index in [4.69, 9.17) is 4.74 Å². The minimum Gasteiger partial charge on any atom is -0.497 e. The van der Waals surface area contributed by atoms with E-state index in [1.807, 2.05) is 46.0 Å². The van der Waals surface area contributed by atoms with Crippen LogP contribution in [0.4, 0.5) is 0 Å². The Kier molecular flexibility index (Phi) is 4.88. The van der Waals surface area contributed by atoms with E-state index >= 15 is 0 Å². The second kappa shape index (κ2) is 7.84. The minimum atomic E-state index is 0.173. The molecule has 1 aliphatic heterocycles. The Morgan fingerprint density at radius 2 is 1.93 bits per heavy atom. The average molecular weight is 403 g/mol. The molecule has 1 fully saturated rings. The summed E-state index contributed by atoms with van der Waals surface area (Å²) in [5.41, 5.74) is 3.03. The molecule has 1 amide bonds. The molecular weight excluding hydrogens is 378 g/mol. The second-order valence-electron chi connectivity index (χ2n) is 7.73. The third-order valence-electron chi connectivity index (χ3n) is 5.82. The Morgan fingerprint density at radius 1 is 1.10 bits per heavy atom. The Labute approximate surface area is 174 Å². The molecule has 30 heavy (non-hydrogen) atoms. The van der Waals surface area contributed by atoms with E-state index in [0.717, 1.165) is 60.8 Å². The molecule has 0 radical (unpaired) electrons. The van der Waals surface area contributed by atoms with Crippen molar-refractivity contribution in [3.05, 3.63) is 60.6 Å². The fourth-order valence-electron chi connectivity index (χ4n) is 4.13. The zero-order valence-electron chi connectivity index (χ0n) is 17.0. The van der Waals surface area contributed by atoms with Gasteiger partial charge in [-0.15, -0.1) is 0 Å². The predicted octanol–water partition coefficient (Wildman–Crippen LogP) is 2.87. The van der Waals surface area contributed by atoms with Gasteiger partial charge in [0.25, 0.3) is 0 Å². The summed E-state index contributed by atoms with van der Waals surface area (Å²) in [4.78, 5) is 25.2. The Bertz CT molecular complexity index is 1190. The third kappa shape index (κ3) is 3.64. The van der Waals surface area contributed by atoms with Crippen molar-refractivity contribution in [1.82, 2.24) is 24.3 Å². The first-order valence-electron chi connectivity index (χ1n) is 10.3. The monoisotopic (exact) mass is 403 g/mol. The summed E-state index contributed by atoms with van der Waals surface area (Å²) in [6.07, 6.45) is 2.00. The molecule has 2 aromatic carbocycles. The number of rotatable bonds is 5. The number of benzene rings is 2. The maximum absolute atomic E-state index is 12.8. The van der Waals surface area contributed by atoms with Gasteiger partial charge in [-0.2, -0.15) is 0 Å². The highest BCUT2D eigenvalue weighted by Crippen LogP contribution is 2.20. The van der Waals surface area contributed by atoms with Crippen LogP contribution in [0.3, 0.4) is 0 Å². The Hall–Kier alpha value is -3.32. The Morgan fingerprint density at radius 3 is 2.77 bits per heavy atom. The summed E-state index contributed by atoms with van der Waals surface area (Å²) < 4.78 is 7.31. The number of piperazine rings is 1. The number of carbonyl (C=O) groups excluding carboxylic acids is 1. The molecule has 0 atom stereocenters. The molecule has 0 aliphatic carbocycles. The van der Waals surface area contributed by atoms with Gasteiger partial charge in [-0.1, -0.05) is 18.2 Å². The highest BCUT2D eigenvalue weighted by molar-refractivity contribution is 5.83. The first kappa shape index (κ1) is 18.7. The fourth-order valence-corrected chi connectivity index (χ4v) is 4.13. The van der Waals surface area contributed by atoms with Crippen molar-refractivity contribution in [2.75, 3.05) is 33.3 Å². The predicted molar refractivity (Wildman–Crippen MR) is 116 cm³/mol. The van der Waals surface area contributed by atoms with Gasteiger partial charge in [0.15, 0.2) is 0 Å². The summed E-state index contributed by atoms with van der Waals surface area (Å²) in [6.45, 7) is 4.31. The number of nitrogens with one attached hydrogen (secondary N) is 1. The molecular formula is C23H25N5O2. The molecule has 1 aliphatic rings. The fraction of sp³-hybridized carbons (Fsp3) is 0.304. The molecule has 3 heterocycles. The summed E-state index contributed by atoms with van der Waals surface area (Å²) in [5.74, 6) is 1.93. The van der Waals surface area contributed by atoms with E-state index < -0.39 is 0 Å². The van der Waals surface area contributed by atoms with Gasteiger partial charge in [0.1, 0.15) is 18.1 Å². The lowest BCUT2D eigenvalue weighted by Gasteiger charge is -2.34. The number of aromatic nitrogens is 3. The van der Waals surface area contributed by atoms with Crippen molar-refractivity contribution < 1.29 is 9.53 Å². The van der Waals surface area contributed by atoms with Crippen molar-refractivity contribution in [3.8, 4) is 5.75 Å². The summed E-state index contributed by atoms with van der Waals surface area (Å²) in [7, 11) is 1.66. The number of aromatic amines is 1. The lowest BCUT2D eigenvalue weighted by molar-refractivity contribution is -0.133. The van der Waals surface area contributed by atoms with E-state index in [2.05, 4.69) is 33.1 Å². The van der Waals surface area contributed by atoms with Crippen LogP contribution in [0.5, 0.6) is 5.75 Å². The van der Waals surface area contributed by atoms with Crippen LogP contribution in [0.15, 0.2) is 54.7 Å². The van der Waals surface area contributed by atoms with Crippen LogP contribution in [0.1, 0.15) is 5.82 Å². The van der Waals surface area contributed by atoms with Crippen LogP contribution < -0.4 is 4.74 Å². The highest BCUT2D eigenvalue weighted by atomic mass is 16.5. The van der Waals surface area contributed by atoms with Crippen molar-refractivity contribution >= 4 is 27.8 Å². The average Bonchev–Trinajstić information content (AvgIpc) is 3.37. The maximum Gasteiger partial charge on any atom is 0.242 e. The molecule has 0 unspecified atom stereocenters. The quantitative estimate of drug-likeness (QED) is 0.557. The van der Waals surface area contributed by atoms with Crippen LogP contribution >= 0.6 is 0 Å². The summed E-state index contributed by atoms with van der Waals surface area (Å²) >= 11 is 0. The normalized spacial score (nSPS) is 15.2. The van der Waals surface area contributed by atoms with E-state index in [0.29, 0.717) is 6.54 Å². The van der Waals surface area contributed by atoms with Gasteiger partial charge in [0, 0.05) is 44.0 Å². The molecule has 0 saturated carbocycles. The van der Waals surface area contributed by atoms with Gasteiger partial charge in [0.2, 0.25) is 5.91 Å². The number of amides is 1. The number of nitrogens with zero attached hydrogens (tertiary/aromatic N) is 4. The van der Waals surface area contributed by atoms with Gasteiger partial charge in [-0.05, 0) is 29.7 Å². The summed E-state index contributed by atoms with van der Waals surface area (Å²) in [5, 5.41) is 1.17. The molecule has 2 aromatic heterocycles. The van der Waals surface area contributed by atoms with Gasteiger partial charge >= 0.3 is 0 Å². The lowest BCUT2D eigenvalue weighted by Crippen LogP contribution is -2.49. The molecule has 4 aromatic rings. The molecule has 1 N–H and O–H groups in total. The van der Waals surface area contributed by atoms with Gasteiger partial charge < -0.3 is 19.2 Å². The van der Waals surface area contributed by atoms with Gasteiger partial charge in [-0.25, -0.2) is 4.98 Å². The molecule has 0 spiro atoms. The minimum absolute atomic E-state index is 0.173. The molecule has 0 bridgehead atoms. The third-order valence-corrected chi connectivity index (χ3v) is 5.82. The van der Waals surface area contributed by atoms with Crippen LogP contribution in [-0.2, 0) is 17.9 Å². The number of fused-ring (bicyclic) bond motifs is 2. The number of para-hydroxylation sites is 1. The molecule has 1 saturated heterocycles. The number of hydrogen-bond donors (Lipinski definition) is 1. The molecule has 7 nitrogen and oxygen atoms in total. The van der Waals surface area contributed by atoms with E-state index in [-0.39, 0.29) is 5.91 Å². The van der Waals surface area contributed by atoms with Gasteiger partial charge in [-0.3, -0.25) is 9.69 Å². The second-order valence-corrected chi connectivity index (χ2v) is 7.73. The van der Waals surface area contributed by atoms with Crippen molar-refractivity contribution in [2.45, 2.75) is 13.1 Å². The summed E-state index contributed by atoms with van der Waals surface area (Å²) in [6, 6.07) is 16.1. The number of hydrogen-bond acceptors (Lipinski definition) is 4. The topological polar surface area (TPSA) is 66.4 Å². The van der Waals surface area contributed by atoms with E-state index in [9.17, 15) is 4.79 Å². The van der Waals surface area contributed by atoms with Crippen LogP contribution in [0.2, 0.25) is 0 Å². The first-order valence-corrected chi connectivity index (χ1v) is 10.3. The zero-order chi connectivity index (χ0) is 20.5. The number of methoxy groups -OCH3 is 1. The largest absolute Gasteiger partial charge is 0.497 e. The lowest BCUT2D eigenvalue weighted by atomic mass is 10.2. The Balaban J connectivity index is 1.18. The smallest absolute Gasteiger partial charge is 0.242 e. The van der Waals surface area contributed by atoms with Crippen LogP contribution in [0, 0.1) is 0 Å². The SMILES string of the molecule is COc1ccc2nc(CN3CCN(C(=O)Cn4ccc5ccccc54)CC3)[nH]c2c1. The van der Waals surface area contributed by atoms with Crippen molar-refractivity contribution in [1.29, 1.82) is 0 Å². The maximum atomic E-state index is 12.8. The van der Waals surface area contributed by atoms with Gasteiger partial charge in [0.05, 0.1) is 24.7 Å². The standard InChI is InChI=1S/C23H25N5O2/c1-30-18-6-7-19-20(14-18)25-22(24-19)15-26-10-12-27(13-11-26)23(29)16-28-9-8-17-4-2-3-5-21(17)28/h2-9,14H,10-13,15-16H2,1H3,(H,24,25). The zero-order valence-corrected chi connectivity index (χ0v) is 17.0.